The van der Waals surface area contributed by atoms with E-state index in [1.54, 1.807) is 14.0 Å². The zero-order valence-electron chi connectivity index (χ0n) is 13.3. The number of carbonyl (C=O) groups excluding carboxylic acids is 1. The van der Waals surface area contributed by atoms with Crippen molar-refractivity contribution in [3.8, 4) is 5.75 Å². The first-order valence-electron chi connectivity index (χ1n) is 7.54. The van der Waals surface area contributed by atoms with E-state index in [0.29, 0.717) is 6.54 Å². The lowest BCUT2D eigenvalue weighted by Crippen LogP contribution is -2.47. The summed E-state index contributed by atoms with van der Waals surface area (Å²) in [5, 5.41) is 11.4. The van der Waals surface area contributed by atoms with Crippen LogP contribution in [-0.4, -0.2) is 46.6 Å². The number of nitrogens with one attached hydrogen (secondary N) is 1. The molecule has 2 N–H and O–H groups in total. The number of aromatic nitrogens is 1. The number of fused-ring (bicyclic) bond motifs is 3. The number of H-pyrrole nitrogens is 1. The van der Waals surface area contributed by atoms with Gasteiger partial charge in [-0.2, -0.15) is 0 Å². The molecule has 0 amide bonds. The second-order valence-electron chi connectivity index (χ2n) is 6.28. The Bertz CT molecular complexity index is 718. The van der Waals surface area contributed by atoms with Crippen molar-refractivity contribution in [1.82, 2.24) is 9.88 Å². The number of aliphatic hydroxyl groups is 1. The average Bonchev–Trinajstić information content (AvgIpc) is 2.83. The number of rotatable bonds is 4. The van der Waals surface area contributed by atoms with Crippen molar-refractivity contribution in [2.24, 2.45) is 0 Å². The zero-order chi connectivity index (χ0) is 15.9. The molecule has 3 rings (SSSR count). The Morgan fingerprint density at radius 3 is 2.95 bits per heavy atom. The highest BCUT2D eigenvalue weighted by atomic mass is 16.5. The summed E-state index contributed by atoms with van der Waals surface area (Å²) in [6.45, 7) is 4.93. The lowest BCUT2D eigenvalue weighted by molar-refractivity contribution is -0.135. The van der Waals surface area contributed by atoms with Crippen molar-refractivity contribution in [3.63, 3.8) is 0 Å². The monoisotopic (exact) mass is 302 g/mol. The van der Waals surface area contributed by atoms with E-state index in [1.807, 2.05) is 12.1 Å². The van der Waals surface area contributed by atoms with Crippen LogP contribution in [0.5, 0.6) is 5.75 Å². The van der Waals surface area contributed by atoms with Gasteiger partial charge in [-0.05, 0) is 44.0 Å². The summed E-state index contributed by atoms with van der Waals surface area (Å²) in [6, 6.07) is 6.04. The SMILES string of the molecule is COc1ccc2[nH]c3c(c2c1)CCN(CC(C)(O)C(C)=O)C3. The number of hydrogen-bond donors (Lipinski definition) is 2. The van der Waals surface area contributed by atoms with Crippen LogP contribution in [0.4, 0.5) is 0 Å². The molecule has 5 nitrogen and oxygen atoms in total. The highest BCUT2D eigenvalue weighted by Gasteiger charge is 2.31. The molecule has 0 aliphatic carbocycles. The minimum Gasteiger partial charge on any atom is -0.497 e. The molecule has 0 radical (unpaired) electrons. The largest absolute Gasteiger partial charge is 0.497 e. The molecule has 1 aromatic heterocycles. The normalized spacial score (nSPS) is 18.0. The highest BCUT2D eigenvalue weighted by Crippen LogP contribution is 2.30. The Kier molecular flexibility index (Phi) is 3.70. The Labute approximate surface area is 129 Å². The lowest BCUT2D eigenvalue weighted by atomic mass is 9.98. The molecule has 5 heteroatoms. The second kappa shape index (κ2) is 5.41. The molecule has 118 valence electrons. The number of benzene rings is 1. The number of aromatic amines is 1. The number of Topliss-reactive ketones (excluding diaryl/α,β-unsaturated/α-hetero) is 1. The molecular weight excluding hydrogens is 280 g/mol. The van der Waals surface area contributed by atoms with E-state index in [-0.39, 0.29) is 5.78 Å². The number of methoxy groups -OCH3 is 1. The molecule has 1 aliphatic rings. The van der Waals surface area contributed by atoms with Crippen LogP contribution in [0.3, 0.4) is 0 Å². The van der Waals surface area contributed by atoms with Crippen molar-refractivity contribution in [2.75, 3.05) is 20.2 Å². The summed E-state index contributed by atoms with van der Waals surface area (Å²) in [4.78, 5) is 17.1. The predicted molar refractivity (Wildman–Crippen MR) is 85.1 cm³/mol. The van der Waals surface area contributed by atoms with Gasteiger partial charge >= 0.3 is 0 Å². The smallest absolute Gasteiger partial charge is 0.162 e. The Morgan fingerprint density at radius 2 is 2.27 bits per heavy atom. The van der Waals surface area contributed by atoms with Gasteiger partial charge in [-0.1, -0.05) is 0 Å². The predicted octanol–water partition coefficient (Wildman–Crippen LogP) is 1.87. The maximum Gasteiger partial charge on any atom is 0.162 e. The maximum atomic E-state index is 11.5. The molecule has 0 saturated heterocycles. The zero-order valence-corrected chi connectivity index (χ0v) is 13.3. The van der Waals surface area contributed by atoms with Crippen LogP contribution in [0.15, 0.2) is 18.2 Å². The van der Waals surface area contributed by atoms with Crippen molar-refractivity contribution in [1.29, 1.82) is 0 Å². The molecule has 22 heavy (non-hydrogen) atoms. The first-order chi connectivity index (χ1) is 10.4. The van der Waals surface area contributed by atoms with Crippen molar-refractivity contribution >= 4 is 16.7 Å². The van der Waals surface area contributed by atoms with E-state index in [0.717, 1.165) is 36.5 Å². The van der Waals surface area contributed by atoms with Crippen LogP contribution in [0.2, 0.25) is 0 Å². The van der Waals surface area contributed by atoms with Crippen molar-refractivity contribution in [2.45, 2.75) is 32.4 Å². The quantitative estimate of drug-likeness (QED) is 0.905. The maximum absolute atomic E-state index is 11.5. The molecule has 0 bridgehead atoms. The fourth-order valence-corrected chi connectivity index (χ4v) is 3.08. The molecular formula is C17H22N2O3. The van der Waals surface area contributed by atoms with Gasteiger partial charge < -0.3 is 14.8 Å². The first kappa shape index (κ1) is 15.1. The van der Waals surface area contributed by atoms with Crippen LogP contribution in [0.1, 0.15) is 25.1 Å². The van der Waals surface area contributed by atoms with E-state index in [2.05, 4.69) is 16.0 Å². The van der Waals surface area contributed by atoms with E-state index >= 15 is 0 Å². The van der Waals surface area contributed by atoms with Gasteiger partial charge in [-0.15, -0.1) is 0 Å². The summed E-state index contributed by atoms with van der Waals surface area (Å²) in [6.07, 6.45) is 0.899. The van der Waals surface area contributed by atoms with Gasteiger partial charge in [0.15, 0.2) is 5.78 Å². The van der Waals surface area contributed by atoms with E-state index in [9.17, 15) is 9.90 Å². The van der Waals surface area contributed by atoms with Crippen LogP contribution in [0, 0.1) is 0 Å². The van der Waals surface area contributed by atoms with Gasteiger partial charge in [-0.25, -0.2) is 0 Å². The Morgan fingerprint density at radius 1 is 1.50 bits per heavy atom. The second-order valence-corrected chi connectivity index (χ2v) is 6.28. The molecule has 2 aromatic rings. The molecule has 1 aliphatic heterocycles. The third kappa shape index (κ3) is 2.62. The number of ketones is 1. The Hall–Kier alpha value is -1.85. The molecule has 0 saturated carbocycles. The van der Waals surface area contributed by atoms with E-state index < -0.39 is 5.60 Å². The highest BCUT2D eigenvalue weighted by molar-refractivity contribution is 5.86. The minimum absolute atomic E-state index is 0.195. The topological polar surface area (TPSA) is 65.6 Å². The summed E-state index contributed by atoms with van der Waals surface area (Å²) in [7, 11) is 1.67. The molecule has 2 heterocycles. The Balaban J connectivity index is 1.86. The van der Waals surface area contributed by atoms with Crippen LogP contribution < -0.4 is 4.74 Å². The number of ether oxygens (including phenoxy) is 1. The molecule has 1 unspecified atom stereocenters. The first-order valence-corrected chi connectivity index (χ1v) is 7.54. The fraction of sp³-hybridized carbons (Fsp3) is 0.471. The van der Waals surface area contributed by atoms with Crippen molar-refractivity contribution < 1.29 is 14.6 Å². The van der Waals surface area contributed by atoms with Gasteiger partial charge in [0.2, 0.25) is 0 Å². The fourth-order valence-electron chi connectivity index (χ4n) is 3.08. The standard InChI is InChI=1S/C17H22N2O3/c1-11(20)17(2,21)10-19-7-6-13-14-8-12(22-3)4-5-15(14)18-16(13)9-19/h4-5,8,18,21H,6-7,9-10H2,1-3H3. The van der Waals surface area contributed by atoms with Gasteiger partial charge in [0, 0.05) is 36.2 Å². The summed E-state index contributed by atoms with van der Waals surface area (Å²) < 4.78 is 5.30. The van der Waals surface area contributed by atoms with Crippen LogP contribution in [-0.2, 0) is 17.8 Å². The van der Waals surface area contributed by atoms with Gasteiger partial charge in [-0.3, -0.25) is 9.69 Å². The van der Waals surface area contributed by atoms with Gasteiger partial charge in [0.05, 0.1) is 7.11 Å². The third-order valence-corrected chi connectivity index (χ3v) is 4.55. The summed E-state index contributed by atoms with van der Waals surface area (Å²) in [5.41, 5.74) is 2.29. The van der Waals surface area contributed by atoms with E-state index in [1.165, 1.54) is 17.9 Å². The third-order valence-electron chi connectivity index (χ3n) is 4.55. The molecule has 0 spiro atoms. The van der Waals surface area contributed by atoms with Crippen LogP contribution >= 0.6 is 0 Å². The van der Waals surface area contributed by atoms with Crippen LogP contribution in [0.25, 0.3) is 10.9 Å². The number of carbonyl (C=O) groups is 1. The molecule has 0 fully saturated rings. The molecule has 1 aromatic carbocycles. The number of nitrogens with zero attached hydrogens (tertiary/aromatic N) is 1. The summed E-state index contributed by atoms with van der Waals surface area (Å²) >= 11 is 0. The van der Waals surface area contributed by atoms with Gasteiger partial charge in [0.1, 0.15) is 11.4 Å². The average molecular weight is 302 g/mol. The summed E-state index contributed by atoms with van der Waals surface area (Å²) in [5.74, 6) is 0.663. The lowest BCUT2D eigenvalue weighted by Gasteiger charge is -2.32. The van der Waals surface area contributed by atoms with Gasteiger partial charge in [0.25, 0.3) is 0 Å². The van der Waals surface area contributed by atoms with Crippen molar-refractivity contribution in [3.05, 3.63) is 29.5 Å². The minimum atomic E-state index is -1.28. The number of β-amino-alcohol motifs (C(OH)–C–C–N with tert-alkyl or cyclic N) is 1. The van der Waals surface area contributed by atoms with E-state index in [4.69, 9.17) is 4.74 Å². The number of hydrogen-bond acceptors (Lipinski definition) is 4. The molecule has 1 atom stereocenters.